The molecule has 0 aromatic heterocycles. The summed E-state index contributed by atoms with van der Waals surface area (Å²) in [4.78, 5) is 7.24. The van der Waals surface area contributed by atoms with Crippen molar-refractivity contribution in [2.24, 2.45) is 16.8 Å². The van der Waals surface area contributed by atoms with Gasteiger partial charge in [0.15, 0.2) is 5.96 Å². The van der Waals surface area contributed by atoms with Crippen molar-refractivity contribution in [1.29, 1.82) is 0 Å². The molecule has 0 saturated carbocycles. The third kappa shape index (κ3) is 7.34. The largest absolute Gasteiger partial charge is 0.383 e. The summed E-state index contributed by atoms with van der Waals surface area (Å²) in [6.45, 7) is 13.3. The normalized spacial score (nSPS) is 21.6. The average Bonchev–Trinajstić information content (AvgIpc) is 2.60. The fourth-order valence-corrected chi connectivity index (χ4v) is 3.71. The number of likely N-dealkylation sites (tertiary alicyclic amines) is 1. The van der Waals surface area contributed by atoms with E-state index in [-0.39, 0.29) is 0 Å². The van der Waals surface area contributed by atoms with Gasteiger partial charge in [-0.25, -0.2) is 4.99 Å². The summed E-state index contributed by atoms with van der Waals surface area (Å²) in [6, 6.07) is 8.91. The summed E-state index contributed by atoms with van der Waals surface area (Å²) in [7, 11) is 1.71. The Morgan fingerprint density at radius 2 is 1.77 bits per heavy atom. The molecule has 2 atom stereocenters. The summed E-state index contributed by atoms with van der Waals surface area (Å²) in [5.41, 5.74) is 2.63. The molecule has 1 heterocycles. The monoisotopic (exact) mass is 360 g/mol. The molecule has 2 unspecified atom stereocenters. The van der Waals surface area contributed by atoms with Gasteiger partial charge in [0.1, 0.15) is 0 Å². The molecule has 0 radical (unpaired) electrons. The molecule has 5 nitrogen and oxygen atoms in total. The predicted octanol–water partition coefficient (Wildman–Crippen LogP) is 2.87. The number of rotatable bonds is 8. The first kappa shape index (κ1) is 20.7. The quantitative estimate of drug-likeness (QED) is 0.425. The van der Waals surface area contributed by atoms with Gasteiger partial charge in [0.05, 0.1) is 13.2 Å². The zero-order valence-corrected chi connectivity index (χ0v) is 16.9. The summed E-state index contributed by atoms with van der Waals surface area (Å²) < 4.78 is 5.07. The number of hydrogen-bond donors (Lipinski definition) is 2. The number of hydrogen-bond acceptors (Lipinski definition) is 3. The van der Waals surface area contributed by atoms with Crippen molar-refractivity contribution in [1.82, 2.24) is 15.5 Å². The summed E-state index contributed by atoms with van der Waals surface area (Å²) in [5.74, 6) is 2.45. The van der Waals surface area contributed by atoms with Crippen molar-refractivity contribution in [3.63, 3.8) is 0 Å². The molecule has 0 spiro atoms. The lowest BCUT2D eigenvalue weighted by Gasteiger charge is -2.35. The van der Waals surface area contributed by atoms with E-state index in [2.05, 4.69) is 65.6 Å². The molecule has 1 saturated heterocycles. The molecule has 2 rings (SSSR count). The van der Waals surface area contributed by atoms with E-state index < -0.39 is 0 Å². The van der Waals surface area contributed by atoms with Crippen molar-refractivity contribution in [3.05, 3.63) is 35.4 Å². The van der Waals surface area contributed by atoms with E-state index in [1.165, 1.54) is 30.6 Å². The highest BCUT2D eigenvalue weighted by Crippen LogP contribution is 2.22. The van der Waals surface area contributed by atoms with Crippen LogP contribution in [-0.4, -0.2) is 50.8 Å². The molecular formula is C21H36N4O. The van der Waals surface area contributed by atoms with E-state index in [0.29, 0.717) is 13.2 Å². The van der Waals surface area contributed by atoms with Crippen molar-refractivity contribution in [2.45, 2.75) is 40.3 Å². The van der Waals surface area contributed by atoms with Crippen LogP contribution in [-0.2, 0) is 17.8 Å². The Hall–Kier alpha value is -1.59. The van der Waals surface area contributed by atoms with Crippen molar-refractivity contribution in [2.75, 3.05) is 39.9 Å². The lowest BCUT2D eigenvalue weighted by Crippen LogP contribution is -2.38. The van der Waals surface area contributed by atoms with Crippen molar-refractivity contribution in [3.8, 4) is 0 Å². The number of nitrogens with one attached hydrogen (secondary N) is 2. The Balaban J connectivity index is 1.86. The van der Waals surface area contributed by atoms with E-state index in [4.69, 9.17) is 4.74 Å². The predicted molar refractivity (Wildman–Crippen MR) is 109 cm³/mol. The zero-order valence-electron chi connectivity index (χ0n) is 16.9. The van der Waals surface area contributed by atoms with E-state index in [1.54, 1.807) is 7.11 Å². The molecule has 0 amide bonds. The SMILES string of the molecule is CCNC(=NCc1ccc(CN2CC(C)CC(C)C2)cc1)NCCOC. The lowest BCUT2D eigenvalue weighted by atomic mass is 9.91. The molecule has 26 heavy (non-hydrogen) atoms. The van der Waals surface area contributed by atoms with Gasteiger partial charge in [0, 0.05) is 39.8 Å². The summed E-state index contributed by atoms with van der Waals surface area (Å²) in [5, 5.41) is 6.54. The molecule has 0 aliphatic carbocycles. The topological polar surface area (TPSA) is 48.9 Å². The maximum atomic E-state index is 5.07. The van der Waals surface area contributed by atoms with Gasteiger partial charge in [-0.15, -0.1) is 0 Å². The third-order valence-corrected chi connectivity index (χ3v) is 4.74. The number of aliphatic imine (C=N–C) groups is 1. The fourth-order valence-electron chi connectivity index (χ4n) is 3.71. The van der Waals surface area contributed by atoms with Gasteiger partial charge in [-0.05, 0) is 36.3 Å². The van der Waals surface area contributed by atoms with Gasteiger partial charge in [-0.2, -0.15) is 0 Å². The van der Waals surface area contributed by atoms with E-state index in [0.717, 1.165) is 37.4 Å². The second-order valence-corrected chi connectivity index (χ2v) is 7.57. The number of benzene rings is 1. The van der Waals surface area contributed by atoms with E-state index in [9.17, 15) is 0 Å². The number of ether oxygens (including phenoxy) is 1. The van der Waals surface area contributed by atoms with E-state index in [1.807, 2.05) is 0 Å². The standard InChI is InChI=1S/C21H36N4O/c1-5-22-21(23-10-11-26-4)24-13-19-6-8-20(9-7-19)16-25-14-17(2)12-18(3)15-25/h6-9,17-18H,5,10-16H2,1-4H3,(H2,22,23,24). The fraction of sp³-hybridized carbons (Fsp3) is 0.667. The molecule has 0 bridgehead atoms. The van der Waals surface area contributed by atoms with Gasteiger partial charge < -0.3 is 15.4 Å². The molecule has 1 aromatic rings. The Morgan fingerprint density at radius 3 is 2.38 bits per heavy atom. The minimum atomic E-state index is 0.673. The maximum absolute atomic E-state index is 5.07. The molecular weight excluding hydrogens is 324 g/mol. The highest BCUT2D eigenvalue weighted by atomic mass is 16.5. The lowest BCUT2D eigenvalue weighted by molar-refractivity contribution is 0.134. The van der Waals surface area contributed by atoms with Crippen LogP contribution in [0.1, 0.15) is 38.3 Å². The average molecular weight is 361 g/mol. The van der Waals surface area contributed by atoms with Crippen LogP contribution in [0.3, 0.4) is 0 Å². The second-order valence-electron chi connectivity index (χ2n) is 7.57. The maximum Gasteiger partial charge on any atom is 0.191 e. The highest BCUT2D eigenvalue weighted by molar-refractivity contribution is 5.79. The first-order valence-corrected chi connectivity index (χ1v) is 9.92. The van der Waals surface area contributed by atoms with Gasteiger partial charge >= 0.3 is 0 Å². The van der Waals surface area contributed by atoms with Crippen LogP contribution in [0, 0.1) is 11.8 Å². The summed E-state index contributed by atoms with van der Waals surface area (Å²) in [6.07, 6.45) is 1.36. The molecule has 5 heteroatoms. The third-order valence-electron chi connectivity index (χ3n) is 4.74. The van der Waals surface area contributed by atoms with E-state index >= 15 is 0 Å². The number of methoxy groups -OCH3 is 1. The van der Waals surface area contributed by atoms with Crippen LogP contribution in [0.25, 0.3) is 0 Å². The van der Waals surface area contributed by atoms with Gasteiger partial charge in [-0.3, -0.25) is 4.90 Å². The molecule has 1 aliphatic heterocycles. The Labute approximate surface area is 159 Å². The van der Waals surface area contributed by atoms with Gasteiger partial charge in [0.25, 0.3) is 0 Å². The number of piperidine rings is 1. The Morgan fingerprint density at radius 1 is 1.12 bits per heavy atom. The first-order valence-electron chi connectivity index (χ1n) is 9.92. The van der Waals surface area contributed by atoms with Gasteiger partial charge in [0.2, 0.25) is 0 Å². The number of guanidine groups is 1. The molecule has 1 aromatic carbocycles. The molecule has 1 aliphatic rings. The molecule has 146 valence electrons. The number of nitrogens with zero attached hydrogens (tertiary/aromatic N) is 2. The van der Waals surface area contributed by atoms with Gasteiger partial charge in [-0.1, -0.05) is 38.1 Å². The minimum absolute atomic E-state index is 0.673. The first-order chi connectivity index (χ1) is 12.6. The van der Waals surface area contributed by atoms with Crippen LogP contribution in [0.2, 0.25) is 0 Å². The Bertz CT molecular complexity index is 533. The molecule has 2 N–H and O–H groups in total. The Kier molecular flexibility index (Phi) is 8.92. The smallest absolute Gasteiger partial charge is 0.191 e. The van der Waals surface area contributed by atoms with Crippen LogP contribution >= 0.6 is 0 Å². The minimum Gasteiger partial charge on any atom is -0.383 e. The summed E-state index contributed by atoms with van der Waals surface area (Å²) >= 11 is 0. The zero-order chi connectivity index (χ0) is 18.8. The van der Waals surface area contributed by atoms with Crippen LogP contribution < -0.4 is 10.6 Å². The van der Waals surface area contributed by atoms with Crippen LogP contribution in [0.4, 0.5) is 0 Å². The van der Waals surface area contributed by atoms with Crippen LogP contribution in [0.15, 0.2) is 29.3 Å². The molecule has 1 fully saturated rings. The second kappa shape index (κ2) is 11.2. The van der Waals surface area contributed by atoms with Crippen LogP contribution in [0.5, 0.6) is 0 Å². The van der Waals surface area contributed by atoms with Crippen molar-refractivity contribution < 1.29 is 4.74 Å². The van der Waals surface area contributed by atoms with Crippen molar-refractivity contribution >= 4 is 5.96 Å². The highest BCUT2D eigenvalue weighted by Gasteiger charge is 2.21.